The molecule has 2 aromatic rings. The van der Waals surface area contributed by atoms with Gasteiger partial charge < -0.3 is 5.73 Å². The molecule has 0 amide bonds. The number of nitrogen functional groups attached to an aromatic ring is 1. The van der Waals surface area contributed by atoms with Gasteiger partial charge in [-0.2, -0.15) is 0 Å². The molecule has 2 heteroatoms. The lowest BCUT2D eigenvalue weighted by atomic mass is 10.1. The van der Waals surface area contributed by atoms with Crippen LogP contribution in [0.25, 0.3) is 10.8 Å². The lowest BCUT2D eigenvalue weighted by Gasteiger charge is -1.99. The van der Waals surface area contributed by atoms with E-state index in [0.29, 0.717) is 0 Å². The average Bonchev–Trinajstić information content (AvgIpc) is 2.35. The number of nitrogens with two attached hydrogens (primary N) is 1. The fraction of sp³-hybridized carbons (Fsp3) is 0. The molecule has 0 aliphatic rings. The van der Waals surface area contributed by atoms with Gasteiger partial charge in [-0.1, -0.05) is 28.0 Å². The van der Waals surface area contributed by atoms with Gasteiger partial charge in [0.15, 0.2) is 0 Å². The zero-order valence-corrected chi connectivity index (χ0v) is 7.54. The summed E-state index contributed by atoms with van der Waals surface area (Å²) in [5.74, 6) is 0. The highest BCUT2D eigenvalue weighted by Crippen LogP contribution is 2.21. The van der Waals surface area contributed by atoms with E-state index in [1.165, 1.54) is 0 Å². The Morgan fingerprint density at radius 2 is 1.75 bits per heavy atom. The molecule has 0 aromatic heterocycles. The van der Waals surface area contributed by atoms with Crippen LogP contribution in [0.3, 0.4) is 0 Å². The van der Waals surface area contributed by atoms with Crippen molar-refractivity contribution in [2.24, 2.45) is 0 Å². The van der Waals surface area contributed by atoms with E-state index in [2.05, 4.69) is 15.9 Å². The summed E-state index contributed by atoms with van der Waals surface area (Å²) in [7, 11) is 0. The van der Waals surface area contributed by atoms with Gasteiger partial charge >= 0.3 is 0 Å². The van der Waals surface area contributed by atoms with E-state index >= 15 is 0 Å². The highest BCUT2D eigenvalue weighted by Gasteiger charge is 1.93. The average molecular weight is 228 g/mol. The molecule has 2 rings (SSSR count). The van der Waals surface area contributed by atoms with Gasteiger partial charge in [0.1, 0.15) is 0 Å². The third kappa shape index (κ3) is 1.30. The van der Waals surface area contributed by atoms with Crippen LogP contribution in [0.2, 0.25) is 0 Å². The van der Waals surface area contributed by atoms with Crippen LogP contribution >= 0.6 is 15.9 Å². The number of halogens is 1. The Bertz CT molecular complexity index is 571. The van der Waals surface area contributed by atoms with Gasteiger partial charge in [-0.25, -0.2) is 0 Å². The molecule has 2 N–H and O–H groups in total. The Morgan fingerprint density at radius 1 is 1.08 bits per heavy atom. The molecular weight excluding hydrogens is 214 g/mol. The molecule has 0 aliphatic carbocycles. The molecule has 0 fully saturated rings. The van der Waals surface area contributed by atoms with Crippen molar-refractivity contribution in [2.45, 2.75) is 0 Å². The van der Waals surface area contributed by atoms with Gasteiger partial charge in [0.2, 0.25) is 0 Å². The van der Waals surface area contributed by atoms with Crippen molar-refractivity contribution in [3.63, 3.8) is 0 Å². The predicted molar refractivity (Wildman–Crippen MR) is 56.1 cm³/mol. The zero-order valence-electron chi connectivity index (χ0n) is 12.0. The minimum atomic E-state index is -0.329. The first-order valence-corrected chi connectivity index (χ1v) is 4.02. The number of anilines is 1. The smallest absolute Gasteiger partial charge is 0.0651 e. The SMILES string of the molecule is [2H]c1c(Br)c([2H])c2c([2H])c([2H])c(N)c([2H])c2c1[2H]. The summed E-state index contributed by atoms with van der Waals surface area (Å²) in [6, 6.07) is -1.55. The van der Waals surface area contributed by atoms with E-state index in [0.717, 1.165) is 0 Å². The largest absolute Gasteiger partial charge is 0.399 e. The molecular formula is C10H8BrN. The van der Waals surface area contributed by atoms with E-state index in [4.69, 9.17) is 14.0 Å². The van der Waals surface area contributed by atoms with E-state index in [1.807, 2.05) is 0 Å². The number of hydrogen-bond donors (Lipinski definition) is 1. The van der Waals surface area contributed by atoms with Crippen molar-refractivity contribution in [1.82, 2.24) is 0 Å². The van der Waals surface area contributed by atoms with Gasteiger partial charge in [-0.3, -0.25) is 0 Å². The summed E-state index contributed by atoms with van der Waals surface area (Å²) < 4.78 is 46.6. The van der Waals surface area contributed by atoms with Crippen molar-refractivity contribution in [3.05, 3.63) is 40.7 Å². The number of benzene rings is 2. The van der Waals surface area contributed by atoms with E-state index in [9.17, 15) is 0 Å². The summed E-state index contributed by atoms with van der Waals surface area (Å²) in [5, 5.41) is -0.0150. The topological polar surface area (TPSA) is 26.0 Å². The first-order valence-electron chi connectivity index (χ1n) is 6.23. The first-order chi connectivity index (χ1) is 8.29. The van der Waals surface area contributed by atoms with Crippen LogP contribution in [0.5, 0.6) is 0 Å². The van der Waals surface area contributed by atoms with Crippen LogP contribution in [0.15, 0.2) is 40.7 Å². The molecule has 0 heterocycles. The second-order valence-corrected chi connectivity index (χ2v) is 3.02. The Morgan fingerprint density at radius 3 is 2.58 bits per heavy atom. The summed E-state index contributed by atoms with van der Waals surface area (Å²) in [5.41, 5.74) is 5.34. The summed E-state index contributed by atoms with van der Waals surface area (Å²) in [4.78, 5) is 0. The molecule has 0 bridgehead atoms. The van der Waals surface area contributed by atoms with Crippen LogP contribution in [-0.2, 0) is 0 Å². The maximum Gasteiger partial charge on any atom is 0.0651 e. The van der Waals surface area contributed by atoms with E-state index in [-0.39, 0.29) is 57.2 Å². The lowest BCUT2D eigenvalue weighted by Crippen LogP contribution is -1.83. The molecule has 0 radical (unpaired) electrons. The number of hydrogen-bond acceptors (Lipinski definition) is 1. The molecule has 60 valence electrons. The van der Waals surface area contributed by atoms with Gasteiger partial charge in [0, 0.05) is 10.2 Å². The zero-order chi connectivity index (χ0) is 13.8. The monoisotopic (exact) mass is 227 g/mol. The minimum absolute atomic E-state index is 0.00655. The van der Waals surface area contributed by atoms with Gasteiger partial charge in [-0.15, -0.1) is 0 Å². The van der Waals surface area contributed by atoms with Gasteiger partial charge in [0.05, 0.1) is 8.22 Å². The molecule has 0 saturated carbocycles. The molecule has 2 aromatic carbocycles. The van der Waals surface area contributed by atoms with Crippen molar-refractivity contribution in [2.75, 3.05) is 5.73 Å². The second-order valence-electron chi connectivity index (χ2n) is 2.23. The summed E-state index contributed by atoms with van der Waals surface area (Å²) in [6.45, 7) is 0. The quantitative estimate of drug-likeness (QED) is 0.688. The second kappa shape index (κ2) is 2.79. The highest BCUT2D eigenvalue weighted by atomic mass is 79.9. The van der Waals surface area contributed by atoms with Crippen molar-refractivity contribution < 1.29 is 8.22 Å². The maximum atomic E-state index is 7.85. The minimum Gasteiger partial charge on any atom is -0.399 e. The number of fused-ring (bicyclic) bond motifs is 1. The first kappa shape index (κ1) is 3.38. The fourth-order valence-corrected chi connectivity index (χ4v) is 1.16. The van der Waals surface area contributed by atoms with Crippen LogP contribution in [-0.4, -0.2) is 0 Å². The normalized spacial score (nSPS) is 17.4. The highest BCUT2D eigenvalue weighted by molar-refractivity contribution is 9.10. The molecule has 1 nitrogen and oxygen atoms in total. The van der Waals surface area contributed by atoms with Crippen molar-refractivity contribution >= 4 is 32.4 Å². The Labute approximate surface area is 87.8 Å². The molecule has 0 atom stereocenters. The van der Waals surface area contributed by atoms with Crippen LogP contribution in [0.1, 0.15) is 8.22 Å². The van der Waals surface area contributed by atoms with Crippen molar-refractivity contribution in [1.29, 1.82) is 0 Å². The number of rotatable bonds is 0. The van der Waals surface area contributed by atoms with E-state index < -0.39 is 0 Å². The standard InChI is InChI=1S/C10H8BrN/c11-9-3-1-8-6-10(12)4-2-7(8)5-9/h1-6H,12H2/i1D,2D,3D,4D,5D,6D. The molecule has 0 unspecified atom stereocenters. The van der Waals surface area contributed by atoms with Crippen molar-refractivity contribution in [3.8, 4) is 0 Å². The summed E-state index contributed by atoms with van der Waals surface area (Å²) >= 11 is 3.02. The van der Waals surface area contributed by atoms with Gasteiger partial charge in [-0.05, 0) is 34.9 Å². The van der Waals surface area contributed by atoms with Crippen LogP contribution < -0.4 is 5.73 Å². The fourth-order valence-electron chi connectivity index (χ4n) is 0.867. The van der Waals surface area contributed by atoms with E-state index in [1.54, 1.807) is 0 Å². The molecule has 12 heavy (non-hydrogen) atoms. The van der Waals surface area contributed by atoms with Gasteiger partial charge in [0.25, 0.3) is 0 Å². The molecule has 0 aliphatic heterocycles. The Kier molecular flexibility index (Phi) is 0.787. The molecule has 0 spiro atoms. The van der Waals surface area contributed by atoms with Crippen LogP contribution in [0, 0.1) is 0 Å². The lowest BCUT2D eigenvalue weighted by molar-refractivity contribution is 1.69. The third-order valence-corrected chi connectivity index (χ3v) is 1.76. The Hall–Kier alpha value is -1.02. The third-order valence-electron chi connectivity index (χ3n) is 1.36. The molecule has 0 saturated heterocycles. The predicted octanol–water partition coefficient (Wildman–Crippen LogP) is 3.18. The Balaban J connectivity index is 3.22. The van der Waals surface area contributed by atoms with Crippen LogP contribution in [0.4, 0.5) is 5.69 Å². The maximum absolute atomic E-state index is 7.85. The summed E-state index contributed by atoms with van der Waals surface area (Å²) in [6.07, 6.45) is 0.